The van der Waals surface area contributed by atoms with E-state index in [0.29, 0.717) is 13.0 Å². The molecule has 3 rings (SSSR count). The van der Waals surface area contributed by atoms with Crippen LogP contribution >= 0.6 is 0 Å². The molecule has 0 aromatic heterocycles. The molecule has 4 nitrogen and oxygen atoms in total. The summed E-state index contributed by atoms with van der Waals surface area (Å²) in [5, 5.41) is 12.7. The lowest BCUT2D eigenvalue weighted by Gasteiger charge is -2.27. The Morgan fingerprint density at radius 2 is 2.17 bits per heavy atom. The molecule has 1 saturated heterocycles. The zero-order valence-corrected chi connectivity index (χ0v) is 13.5. The Balaban J connectivity index is 1.59. The van der Waals surface area contributed by atoms with Crippen LogP contribution in [-0.2, 0) is 11.3 Å². The molecule has 1 aliphatic heterocycles. The highest BCUT2D eigenvalue weighted by molar-refractivity contribution is 5.81. The van der Waals surface area contributed by atoms with Gasteiger partial charge in [-0.25, -0.2) is 0 Å². The highest BCUT2D eigenvalue weighted by Crippen LogP contribution is 2.26. The minimum absolute atomic E-state index is 0.0165. The van der Waals surface area contributed by atoms with E-state index >= 15 is 0 Å². The van der Waals surface area contributed by atoms with Gasteiger partial charge in [0.25, 0.3) is 0 Å². The summed E-state index contributed by atoms with van der Waals surface area (Å²) in [7, 11) is 0. The number of nitrogens with zero attached hydrogens (tertiary/aromatic N) is 2. The molecule has 121 valence electrons. The van der Waals surface area contributed by atoms with Crippen LogP contribution in [0.1, 0.15) is 37.7 Å². The Labute approximate surface area is 138 Å². The van der Waals surface area contributed by atoms with Crippen LogP contribution in [0.15, 0.2) is 30.3 Å². The highest BCUT2D eigenvalue weighted by Gasteiger charge is 2.40. The van der Waals surface area contributed by atoms with Crippen LogP contribution in [0.4, 0.5) is 0 Å². The standard InChI is InChI=1S/C19H24N3O/c20-14-19(21-18(23)17-9-5-2-6-10-17)11-12-22(15-19)13-16-7-3-1-4-8-16/h1,3-4,7-9,17H,2,5-6,10-13,15H2,(H,21,23). The maximum absolute atomic E-state index is 12.5. The number of nitriles is 1. The number of benzene rings is 1. The summed E-state index contributed by atoms with van der Waals surface area (Å²) in [5.74, 6) is 0.0185. The molecule has 2 atom stereocenters. The Hall–Kier alpha value is -1.86. The molecule has 0 spiro atoms. The molecule has 1 radical (unpaired) electrons. The normalized spacial score (nSPS) is 25.9. The second-order valence-corrected chi connectivity index (χ2v) is 6.76. The van der Waals surface area contributed by atoms with Crippen LogP contribution in [0.2, 0.25) is 0 Å². The van der Waals surface area contributed by atoms with Crippen molar-refractivity contribution in [1.82, 2.24) is 10.2 Å². The number of rotatable bonds is 4. The van der Waals surface area contributed by atoms with E-state index in [1.54, 1.807) is 0 Å². The summed E-state index contributed by atoms with van der Waals surface area (Å²) in [5.41, 5.74) is 0.519. The van der Waals surface area contributed by atoms with Gasteiger partial charge in [-0.1, -0.05) is 43.2 Å². The van der Waals surface area contributed by atoms with Crippen molar-refractivity contribution in [1.29, 1.82) is 5.26 Å². The van der Waals surface area contributed by atoms with Crippen molar-refractivity contribution in [2.24, 2.45) is 5.92 Å². The third kappa shape index (κ3) is 3.92. The van der Waals surface area contributed by atoms with Crippen molar-refractivity contribution >= 4 is 5.91 Å². The Morgan fingerprint density at radius 3 is 2.87 bits per heavy atom. The topological polar surface area (TPSA) is 56.1 Å². The minimum Gasteiger partial charge on any atom is -0.336 e. The molecule has 1 saturated carbocycles. The van der Waals surface area contributed by atoms with Gasteiger partial charge in [0.05, 0.1) is 6.07 Å². The van der Waals surface area contributed by atoms with Crippen LogP contribution in [0.25, 0.3) is 0 Å². The van der Waals surface area contributed by atoms with Crippen LogP contribution in [0.5, 0.6) is 0 Å². The van der Waals surface area contributed by atoms with Crippen molar-refractivity contribution in [2.75, 3.05) is 13.1 Å². The van der Waals surface area contributed by atoms with E-state index in [2.05, 4.69) is 34.8 Å². The molecule has 2 fully saturated rings. The van der Waals surface area contributed by atoms with E-state index in [4.69, 9.17) is 0 Å². The smallest absolute Gasteiger partial charge is 0.224 e. The molecule has 2 aliphatic rings. The number of carbonyl (C=O) groups is 1. The van der Waals surface area contributed by atoms with Crippen molar-refractivity contribution in [3.63, 3.8) is 0 Å². The van der Waals surface area contributed by atoms with Gasteiger partial charge in [0.2, 0.25) is 5.91 Å². The summed E-state index contributed by atoms with van der Waals surface area (Å²) in [4.78, 5) is 14.7. The summed E-state index contributed by atoms with van der Waals surface area (Å²) in [6.07, 6.45) is 7.03. The SMILES string of the molecule is N#CC1(NC(=O)C2[CH]CCCC2)CCN(Cc2ccccc2)C1. The van der Waals surface area contributed by atoms with Crippen molar-refractivity contribution in [2.45, 2.75) is 44.2 Å². The second-order valence-electron chi connectivity index (χ2n) is 6.76. The molecule has 23 heavy (non-hydrogen) atoms. The Morgan fingerprint density at radius 1 is 1.35 bits per heavy atom. The van der Waals surface area contributed by atoms with Gasteiger partial charge in [-0.15, -0.1) is 0 Å². The van der Waals surface area contributed by atoms with Crippen molar-refractivity contribution in [3.05, 3.63) is 42.3 Å². The third-order valence-electron chi connectivity index (χ3n) is 4.93. The van der Waals surface area contributed by atoms with E-state index in [1.165, 1.54) is 12.0 Å². The molecule has 0 bridgehead atoms. The van der Waals surface area contributed by atoms with Crippen molar-refractivity contribution < 1.29 is 4.79 Å². The van der Waals surface area contributed by atoms with Crippen LogP contribution < -0.4 is 5.32 Å². The largest absolute Gasteiger partial charge is 0.336 e. The van der Waals surface area contributed by atoms with E-state index < -0.39 is 5.54 Å². The van der Waals surface area contributed by atoms with Crippen LogP contribution in [0.3, 0.4) is 0 Å². The average Bonchev–Trinajstić information content (AvgIpc) is 3.00. The number of hydrogen-bond donors (Lipinski definition) is 1. The third-order valence-corrected chi connectivity index (χ3v) is 4.93. The maximum Gasteiger partial charge on any atom is 0.224 e. The van der Waals surface area contributed by atoms with E-state index in [-0.39, 0.29) is 11.8 Å². The first-order valence-electron chi connectivity index (χ1n) is 8.54. The molecule has 4 heteroatoms. The van der Waals surface area contributed by atoms with Crippen LogP contribution in [-0.4, -0.2) is 29.4 Å². The first-order valence-corrected chi connectivity index (χ1v) is 8.54. The minimum atomic E-state index is -0.725. The number of carbonyl (C=O) groups excluding carboxylic acids is 1. The molecule has 1 amide bonds. The fraction of sp³-hybridized carbons (Fsp3) is 0.526. The zero-order chi connectivity index (χ0) is 16.1. The zero-order valence-electron chi connectivity index (χ0n) is 13.5. The first-order chi connectivity index (χ1) is 11.2. The summed E-state index contributed by atoms with van der Waals surface area (Å²) in [6.45, 7) is 2.28. The van der Waals surface area contributed by atoms with Gasteiger partial charge >= 0.3 is 0 Å². The molecule has 1 aromatic carbocycles. The maximum atomic E-state index is 12.5. The molecular formula is C19H24N3O. The fourth-order valence-electron chi connectivity index (χ4n) is 3.60. The average molecular weight is 310 g/mol. The quantitative estimate of drug-likeness (QED) is 0.930. The van der Waals surface area contributed by atoms with Gasteiger partial charge in [-0.3, -0.25) is 9.69 Å². The monoisotopic (exact) mass is 310 g/mol. The highest BCUT2D eigenvalue weighted by atomic mass is 16.2. The van der Waals surface area contributed by atoms with E-state index in [0.717, 1.165) is 32.4 Å². The van der Waals surface area contributed by atoms with Gasteiger partial charge in [0.15, 0.2) is 0 Å². The van der Waals surface area contributed by atoms with Gasteiger partial charge in [0.1, 0.15) is 5.54 Å². The van der Waals surface area contributed by atoms with Crippen LogP contribution in [0, 0.1) is 23.7 Å². The Kier molecular flexibility index (Phi) is 4.97. The lowest BCUT2D eigenvalue weighted by Crippen LogP contribution is -2.51. The summed E-state index contributed by atoms with van der Waals surface area (Å²) in [6, 6.07) is 12.6. The first kappa shape index (κ1) is 16.0. The van der Waals surface area contributed by atoms with Gasteiger partial charge in [0, 0.05) is 25.6 Å². The van der Waals surface area contributed by atoms with Gasteiger partial charge in [-0.05, 0) is 31.2 Å². The number of likely N-dealkylation sites (tertiary alicyclic amines) is 1. The molecule has 1 aliphatic carbocycles. The van der Waals surface area contributed by atoms with E-state index in [9.17, 15) is 10.1 Å². The second kappa shape index (κ2) is 7.14. The Bertz CT molecular complexity index is 574. The van der Waals surface area contributed by atoms with Gasteiger partial charge < -0.3 is 5.32 Å². The predicted octanol–water partition coefficient (Wildman–Crippen LogP) is 2.67. The lowest BCUT2D eigenvalue weighted by molar-refractivity contribution is -0.125. The predicted molar refractivity (Wildman–Crippen MR) is 89.1 cm³/mol. The molecule has 2 unspecified atom stereocenters. The molecule has 1 aromatic rings. The van der Waals surface area contributed by atoms with Gasteiger partial charge in [-0.2, -0.15) is 5.26 Å². The number of nitrogens with one attached hydrogen (secondary N) is 1. The van der Waals surface area contributed by atoms with E-state index in [1.807, 2.05) is 18.2 Å². The number of hydrogen-bond acceptors (Lipinski definition) is 3. The van der Waals surface area contributed by atoms with Crippen molar-refractivity contribution in [3.8, 4) is 6.07 Å². The fourth-order valence-corrected chi connectivity index (χ4v) is 3.60. The summed E-state index contributed by atoms with van der Waals surface area (Å²) >= 11 is 0. The number of amides is 1. The molecule has 1 heterocycles. The molecule has 1 N–H and O–H groups in total. The molecular weight excluding hydrogens is 286 g/mol. The lowest BCUT2D eigenvalue weighted by atomic mass is 9.87. The summed E-state index contributed by atoms with van der Waals surface area (Å²) < 4.78 is 0.